The lowest BCUT2D eigenvalue weighted by Crippen LogP contribution is -2.36. The van der Waals surface area contributed by atoms with E-state index in [1.54, 1.807) is 6.07 Å². The molecule has 1 aromatic heterocycles. The summed E-state index contributed by atoms with van der Waals surface area (Å²) in [6.45, 7) is 0.985. The Morgan fingerprint density at radius 2 is 2.27 bits per heavy atom. The second-order valence-corrected chi connectivity index (χ2v) is 5.45. The van der Waals surface area contributed by atoms with Crippen LogP contribution in [0.5, 0.6) is 0 Å². The topological polar surface area (TPSA) is 80.5 Å². The van der Waals surface area contributed by atoms with Crippen molar-refractivity contribution in [1.82, 2.24) is 9.88 Å². The summed E-state index contributed by atoms with van der Waals surface area (Å²) in [5.74, 6) is 0.729. The van der Waals surface area contributed by atoms with Gasteiger partial charge >= 0.3 is 6.09 Å². The van der Waals surface area contributed by atoms with Gasteiger partial charge in [-0.1, -0.05) is 24.3 Å². The Kier molecular flexibility index (Phi) is 3.55. The number of aromatic nitrogens is 1. The summed E-state index contributed by atoms with van der Waals surface area (Å²) < 4.78 is 0. The molecule has 0 radical (unpaired) electrons. The number of nitrogens with zero attached hydrogens (tertiary/aromatic N) is 4. The number of anilines is 1. The zero-order chi connectivity index (χ0) is 15.7. The number of amides is 1. The molecule has 1 unspecified atom stereocenters. The van der Waals surface area contributed by atoms with Crippen LogP contribution in [-0.2, 0) is 0 Å². The predicted molar refractivity (Wildman–Crippen MR) is 82.9 cm³/mol. The molecule has 0 spiro atoms. The van der Waals surface area contributed by atoms with Crippen LogP contribution in [0.4, 0.5) is 10.6 Å². The van der Waals surface area contributed by atoms with Crippen LogP contribution >= 0.6 is 0 Å². The van der Waals surface area contributed by atoms with Crippen molar-refractivity contribution in [1.29, 1.82) is 5.26 Å². The normalized spacial score (nSPS) is 17.5. The zero-order valence-corrected chi connectivity index (χ0v) is 12.2. The van der Waals surface area contributed by atoms with Crippen LogP contribution in [0.15, 0.2) is 30.3 Å². The minimum absolute atomic E-state index is 0.0703. The molecule has 3 rings (SSSR count). The number of benzene rings is 1. The Balaban J connectivity index is 1.99. The van der Waals surface area contributed by atoms with Crippen molar-refractivity contribution in [3.05, 3.63) is 36.0 Å². The first-order valence-corrected chi connectivity index (χ1v) is 7.10. The monoisotopic (exact) mass is 296 g/mol. The molecular formula is C16H16N4O2. The van der Waals surface area contributed by atoms with E-state index in [2.05, 4.69) is 11.1 Å². The molecule has 1 saturated heterocycles. The van der Waals surface area contributed by atoms with Crippen molar-refractivity contribution in [2.24, 2.45) is 0 Å². The van der Waals surface area contributed by atoms with E-state index in [9.17, 15) is 4.79 Å². The molecule has 1 N–H and O–H groups in total. The molecule has 112 valence electrons. The molecule has 6 nitrogen and oxygen atoms in total. The number of pyridine rings is 1. The Labute approximate surface area is 128 Å². The first-order chi connectivity index (χ1) is 10.6. The number of hydrogen-bond donors (Lipinski definition) is 1. The second kappa shape index (κ2) is 5.53. The number of likely N-dealkylation sites (N-methyl/N-ethyl adjacent to an activating group) is 1. The van der Waals surface area contributed by atoms with Gasteiger partial charge in [-0.2, -0.15) is 5.26 Å². The highest BCUT2D eigenvalue weighted by molar-refractivity contribution is 5.93. The third-order valence-corrected chi connectivity index (χ3v) is 4.15. The van der Waals surface area contributed by atoms with Gasteiger partial charge in [0.2, 0.25) is 0 Å². The van der Waals surface area contributed by atoms with E-state index in [0.717, 1.165) is 23.0 Å². The first kappa shape index (κ1) is 14.1. The molecule has 0 bridgehead atoms. The lowest BCUT2D eigenvalue weighted by Gasteiger charge is -2.26. The number of fused-ring (bicyclic) bond motifs is 1. The molecule has 6 heteroatoms. The van der Waals surface area contributed by atoms with Crippen LogP contribution in [0.25, 0.3) is 10.8 Å². The highest BCUT2D eigenvalue weighted by Gasteiger charge is 2.30. The minimum Gasteiger partial charge on any atom is -0.465 e. The highest BCUT2D eigenvalue weighted by atomic mass is 16.4. The molecule has 1 atom stereocenters. The van der Waals surface area contributed by atoms with Gasteiger partial charge in [-0.05, 0) is 17.9 Å². The quantitative estimate of drug-likeness (QED) is 0.919. The molecule has 1 aliphatic heterocycles. The van der Waals surface area contributed by atoms with E-state index in [1.807, 2.05) is 36.2 Å². The van der Waals surface area contributed by atoms with Gasteiger partial charge in [0.05, 0.1) is 0 Å². The summed E-state index contributed by atoms with van der Waals surface area (Å²) in [5, 5.41) is 20.2. The lowest BCUT2D eigenvalue weighted by molar-refractivity contribution is 0.155. The molecule has 0 saturated carbocycles. The lowest BCUT2D eigenvalue weighted by atomic mass is 10.1. The van der Waals surface area contributed by atoms with Gasteiger partial charge in [0.1, 0.15) is 17.6 Å². The van der Waals surface area contributed by atoms with E-state index in [4.69, 9.17) is 10.4 Å². The summed E-state index contributed by atoms with van der Waals surface area (Å²) in [4.78, 5) is 18.9. The largest absolute Gasteiger partial charge is 0.465 e. The maximum absolute atomic E-state index is 11.1. The fraction of sp³-hybridized carbons (Fsp3) is 0.312. The van der Waals surface area contributed by atoms with Crippen molar-refractivity contribution >= 4 is 22.7 Å². The predicted octanol–water partition coefficient (Wildman–Crippen LogP) is 2.29. The van der Waals surface area contributed by atoms with E-state index in [-0.39, 0.29) is 6.04 Å². The Morgan fingerprint density at radius 3 is 2.95 bits per heavy atom. The number of rotatable bonds is 2. The SMILES string of the molecule is CN(c1nc(C#N)cc2ccccc12)C1CCN(C(=O)O)C1. The van der Waals surface area contributed by atoms with Gasteiger partial charge in [-0.25, -0.2) is 9.78 Å². The molecule has 1 fully saturated rings. The number of hydrogen-bond acceptors (Lipinski definition) is 4. The van der Waals surface area contributed by atoms with E-state index in [1.165, 1.54) is 4.90 Å². The standard InChI is InChI=1S/C16H16N4O2/c1-19(13-6-7-20(10-13)16(21)22)15-14-5-3-2-4-11(14)8-12(9-17)18-15/h2-5,8,13H,6-7,10H2,1H3,(H,21,22). The van der Waals surface area contributed by atoms with E-state index < -0.39 is 6.09 Å². The maximum atomic E-state index is 11.1. The van der Waals surface area contributed by atoms with Gasteiger partial charge < -0.3 is 14.9 Å². The summed E-state index contributed by atoms with van der Waals surface area (Å²) in [5.41, 5.74) is 0.369. The molecular weight excluding hydrogens is 280 g/mol. The first-order valence-electron chi connectivity index (χ1n) is 7.10. The van der Waals surface area contributed by atoms with Crippen molar-refractivity contribution in [3.8, 4) is 6.07 Å². The van der Waals surface area contributed by atoms with Gasteiger partial charge in [0, 0.05) is 31.6 Å². The van der Waals surface area contributed by atoms with Crippen LogP contribution in [0.2, 0.25) is 0 Å². The molecule has 2 heterocycles. The van der Waals surface area contributed by atoms with Crippen molar-refractivity contribution in [2.75, 3.05) is 25.0 Å². The van der Waals surface area contributed by atoms with Crippen molar-refractivity contribution in [3.63, 3.8) is 0 Å². The van der Waals surface area contributed by atoms with E-state index >= 15 is 0 Å². The Bertz CT molecular complexity index is 768. The Hall–Kier alpha value is -2.81. The number of carbonyl (C=O) groups is 1. The summed E-state index contributed by atoms with van der Waals surface area (Å²) in [6.07, 6.45) is -0.130. The summed E-state index contributed by atoms with van der Waals surface area (Å²) in [7, 11) is 1.91. The molecule has 1 amide bonds. The van der Waals surface area contributed by atoms with Crippen molar-refractivity contribution < 1.29 is 9.90 Å². The van der Waals surface area contributed by atoms with Gasteiger partial charge in [-0.3, -0.25) is 0 Å². The molecule has 2 aromatic rings. The third-order valence-electron chi connectivity index (χ3n) is 4.15. The number of likely N-dealkylation sites (tertiary alicyclic amines) is 1. The fourth-order valence-corrected chi connectivity index (χ4v) is 2.91. The van der Waals surface area contributed by atoms with Crippen LogP contribution in [0.1, 0.15) is 12.1 Å². The average molecular weight is 296 g/mol. The number of nitriles is 1. The maximum Gasteiger partial charge on any atom is 0.407 e. The van der Waals surface area contributed by atoms with E-state index in [0.29, 0.717) is 18.8 Å². The molecule has 1 aromatic carbocycles. The van der Waals surface area contributed by atoms with Gasteiger partial charge in [0.25, 0.3) is 0 Å². The van der Waals surface area contributed by atoms with Crippen LogP contribution in [0, 0.1) is 11.3 Å². The smallest absolute Gasteiger partial charge is 0.407 e. The highest BCUT2D eigenvalue weighted by Crippen LogP contribution is 2.28. The van der Waals surface area contributed by atoms with Crippen LogP contribution in [0.3, 0.4) is 0 Å². The fourth-order valence-electron chi connectivity index (χ4n) is 2.91. The molecule has 22 heavy (non-hydrogen) atoms. The van der Waals surface area contributed by atoms with Crippen molar-refractivity contribution in [2.45, 2.75) is 12.5 Å². The van der Waals surface area contributed by atoms with Gasteiger partial charge in [-0.15, -0.1) is 0 Å². The summed E-state index contributed by atoms with van der Waals surface area (Å²) >= 11 is 0. The molecule has 0 aliphatic carbocycles. The summed E-state index contributed by atoms with van der Waals surface area (Å²) in [6, 6.07) is 11.7. The third kappa shape index (κ3) is 2.42. The van der Waals surface area contributed by atoms with Crippen LogP contribution < -0.4 is 4.90 Å². The molecule has 1 aliphatic rings. The second-order valence-electron chi connectivity index (χ2n) is 5.45. The zero-order valence-electron chi connectivity index (χ0n) is 12.2. The van der Waals surface area contributed by atoms with Gasteiger partial charge in [0.15, 0.2) is 0 Å². The number of carboxylic acid groups (broad SMARTS) is 1. The average Bonchev–Trinajstić information content (AvgIpc) is 3.03. The minimum atomic E-state index is -0.889. The van der Waals surface area contributed by atoms with Crippen LogP contribution in [-0.4, -0.2) is 47.3 Å². The Morgan fingerprint density at radius 1 is 1.50 bits per heavy atom.